The van der Waals surface area contributed by atoms with E-state index in [1.165, 1.54) is 35.3 Å². The van der Waals surface area contributed by atoms with Crippen molar-refractivity contribution in [3.05, 3.63) is 53.3 Å². The quantitative estimate of drug-likeness (QED) is 0.557. The zero-order chi connectivity index (χ0) is 18.5. The fourth-order valence-electron chi connectivity index (χ4n) is 2.80. The summed E-state index contributed by atoms with van der Waals surface area (Å²) in [5.74, 6) is -0.868. The molecule has 0 N–H and O–H groups in total. The Morgan fingerprint density at radius 1 is 1.38 bits per heavy atom. The summed E-state index contributed by atoms with van der Waals surface area (Å²) >= 11 is 1.20. The largest absolute Gasteiger partial charge is 0.459 e. The first-order valence-electron chi connectivity index (χ1n) is 8.36. The summed E-state index contributed by atoms with van der Waals surface area (Å²) in [6.45, 7) is 1.39. The van der Waals surface area contributed by atoms with E-state index in [1.54, 1.807) is 17.5 Å². The molecule has 0 radical (unpaired) electrons. The molecular weight excluding hydrogens is 355 g/mol. The van der Waals surface area contributed by atoms with E-state index in [9.17, 15) is 14.0 Å². The number of para-hydroxylation sites is 1. The maximum absolute atomic E-state index is 14.0. The third kappa shape index (κ3) is 4.35. The van der Waals surface area contributed by atoms with Crippen molar-refractivity contribution in [2.24, 2.45) is 5.92 Å². The van der Waals surface area contributed by atoms with E-state index >= 15 is 0 Å². The van der Waals surface area contributed by atoms with Crippen LogP contribution in [0.15, 0.2) is 41.8 Å². The molecule has 0 unspecified atom stereocenters. The highest BCUT2D eigenvalue weighted by Crippen LogP contribution is 2.31. The number of carbonyl (C=O) groups is 2. The topological polar surface area (TPSA) is 59.5 Å². The lowest BCUT2D eigenvalue weighted by atomic mass is 10.1. The molecule has 1 aromatic carbocycles. The van der Waals surface area contributed by atoms with Crippen LogP contribution < -0.4 is 4.90 Å². The van der Waals surface area contributed by atoms with Gasteiger partial charge in [-0.05, 0) is 30.9 Å². The molecular formula is C19H19FN2O3S. The Hall–Kier alpha value is -2.54. The standard InChI is InChI=1S/C19H19FN2O3S/c1-13(23)22(17-9-5-4-8-16(17)20)19-21-15(12-26-19)11-25-18(24)10-14-6-2-3-7-14/h2,4-6,8-9,12,14H,3,7,10-11H2,1H3/t14-/m1/s1. The summed E-state index contributed by atoms with van der Waals surface area (Å²) in [6, 6.07) is 6.03. The molecule has 1 aliphatic rings. The number of allylic oxidation sites excluding steroid dienone is 2. The van der Waals surface area contributed by atoms with Crippen molar-refractivity contribution in [2.75, 3.05) is 4.90 Å². The Morgan fingerprint density at radius 3 is 2.88 bits per heavy atom. The van der Waals surface area contributed by atoms with Gasteiger partial charge < -0.3 is 4.74 Å². The molecule has 1 atom stereocenters. The van der Waals surface area contributed by atoms with Gasteiger partial charge in [-0.2, -0.15) is 0 Å². The first kappa shape index (κ1) is 18.3. The predicted molar refractivity (Wildman–Crippen MR) is 97.6 cm³/mol. The highest BCUT2D eigenvalue weighted by Gasteiger charge is 2.21. The van der Waals surface area contributed by atoms with E-state index in [1.807, 2.05) is 6.08 Å². The summed E-state index contributed by atoms with van der Waals surface area (Å²) < 4.78 is 19.3. The molecule has 7 heteroatoms. The van der Waals surface area contributed by atoms with Gasteiger partial charge in [0.2, 0.25) is 5.91 Å². The van der Waals surface area contributed by atoms with Crippen molar-refractivity contribution in [1.82, 2.24) is 4.98 Å². The minimum Gasteiger partial charge on any atom is -0.459 e. The molecule has 26 heavy (non-hydrogen) atoms. The van der Waals surface area contributed by atoms with Crippen LogP contribution in [0, 0.1) is 11.7 Å². The second-order valence-electron chi connectivity index (χ2n) is 6.06. The SMILES string of the molecule is CC(=O)N(c1nc(COC(=O)C[C@@H]2C=CCC2)cs1)c1ccccc1F. The number of carbonyl (C=O) groups excluding carboxylic acids is 2. The number of rotatable bonds is 6. The average Bonchev–Trinajstić information content (AvgIpc) is 3.27. The van der Waals surface area contributed by atoms with Crippen molar-refractivity contribution < 1.29 is 18.7 Å². The minimum absolute atomic E-state index is 0.0365. The summed E-state index contributed by atoms with van der Waals surface area (Å²) in [5, 5.41) is 2.04. The van der Waals surface area contributed by atoms with Crippen molar-refractivity contribution in [3.8, 4) is 0 Å². The van der Waals surface area contributed by atoms with E-state index in [0.29, 0.717) is 17.2 Å². The van der Waals surface area contributed by atoms with E-state index < -0.39 is 5.82 Å². The van der Waals surface area contributed by atoms with Gasteiger partial charge in [0.25, 0.3) is 0 Å². The van der Waals surface area contributed by atoms with Crippen LogP contribution in [-0.4, -0.2) is 16.9 Å². The maximum Gasteiger partial charge on any atom is 0.306 e. The maximum atomic E-state index is 14.0. The third-order valence-corrected chi connectivity index (χ3v) is 4.94. The molecule has 0 saturated heterocycles. The van der Waals surface area contributed by atoms with Gasteiger partial charge in [-0.3, -0.25) is 14.5 Å². The molecule has 2 aromatic rings. The molecule has 0 fully saturated rings. The van der Waals surface area contributed by atoms with Crippen LogP contribution in [0.4, 0.5) is 15.2 Å². The van der Waals surface area contributed by atoms with Crippen LogP contribution in [-0.2, 0) is 20.9 Å². The first-order valence-corrected chi connectivity index (χ1v) is 9.24. The third-order valence-electron chi connectivity index (χ3n) is 4.06. The average molecular weight is 374 g/mol. The van der Waals surface area contributed by atoms with Gasteiger partial charge in [-0.15, -0.1) is 11.3 Å². The molecule has 0 aliphatic heterocycles. The van der Waals surface area contributed by atoms with Crippen LogP contribution in [0.3, 0.4) is 0 Å². The Kier molecular flexibility index (Phi) is 5.78. The van der Waals surface area contributed by atoms with Crippen molar-refractivity contribution >= 4 is 34.0 Å². The highest BCUT2D eigenvalue weighted by atomic mass is 32.1. The first-order chi connectivity index (χ1) is 12.5. The number of nitrogens with zero attached hydrogens (tertiary/aromatic N) is 2. The van der Waals surface area contributed by atoms with Gasteiger partial charge in [0, 0.05) is 12.3 Å². The number of amides is 1. The van der Waals surface area contributed by atoms with E-state index in [-0.39, 0.29) is 30.1 Å². The summed E-state index contributed by atoms with van der Waals surface area (Å²) in [5.41, 5.74) is 0.675. The van der Waals surface area contributed by atoms with Gasteiger partial charge in [-0.1, -0.05) is 24.3 Å². The summed E-state index contributed by atoms with van der Waals surface area (Å²) in [7, 11) is 0. The zero-order valence-corrected chi connectivity index (χ0v) is 15.2. The summed E-state index contributed by atoms with van der Waals surface area (Å²) in [4.78, 5) is 29.4. The number of halogens is 1. The molecule has 1 amide bonds. The van der Waals surface area contributed by atoms with Gasteiger partial charge >= 0.3 is 5.97 Å². The number of anilines is 2. The molecule has 0 bridgehead atoms. The number of thiazole rings is 1. The Labute approximate surface area is 155 Å². The fourth-order valence-corrected chi connectivity index (χ4v) is 3.66. The van der Waals surface area contributed by atoms with Crippen molar-refractivity contribution in [1.29, 1.82) is 0 Å². The number of aromatic nitrogens is 1. The molecule has 0 saturated carbocycles. The van der Waals surface area contributed by atoms with Crippen LogP contribution in [0.1, 0.15) is 31.9 Å². The summed E-state index contributed by atoms with van der Waals surface area (Å²) in [6.07, 6.45) is 6.46. The number of hydrogen-bond acceptors (Lipinski definition) is 5. The van der Waals surface area contributed by atoms with Crippen LogP contribution in [0.2, 0.25) is 0 Å². The van der Waals surface area contributed by atoms with Crippen molar-refractivity contribution in [3.63, 3.8) is 0 Å². The molecule has 3 rings (SSSR count). The molecule has 0 spiro atoms. The van der Waals surface area contributed by atoms with E-state index in [4.69, 9.17) is 4.74 Å². The smallest absolute Gasteiger partial charge is 0.306 e. The number of ether oxygens (including phenoxy) is 1. The molecule has 136 valence electrons. The lowest BCUT2D eigenvalue weighted by molar-refractivity contribution is -0.145. The number of benzene rings is 1. The second-order valence-corrected chi connectivity index (χ2v) is 6.89. The molecule has 1 aliphatic carbocycles. The Bertz CT molecular complexity index is 834. The number of esters is 1. The lowest BCUT2D eigenvalue weighted by Crippen LogP contribution is -2.23. The van der Waals surface area contributed by atoms with Crippen LogP contribution >= 0.6 is 11.3 Å². The van der Waals surface area contributed by atoms with Crippen molar-refractivity contribution in [2.45, 2.75) is 32.8 Å². The molecule has 1 heterocycles. The fraction of sp³-hybridized carbons (Fsp3) is 0.316. The monoisotopic (exact) mass is 374 g/mol. The van der Waals surface area contributed by atoms with Gasteiger partial charge in [0.15, 0.2) is 5.13 Å². The predicted octanol–water partition coefficient (Wildman–Crippen LogP) is 4.37. The van der Waals surface area contributed by atoms with Crippen LogP contribution in [0.25, 0.3) is 0 Å². The highest BCUT2D eigenvalue weighted by molar-refractivity contribution is 7.14. The molecule has 1 aromatic heterocycles. The minimum atomic E-state index is -0.504. The number of hydrogen-bond donors (Lipinski definition) is 0. The lowest BCUT2D eigenvalue weighted by Gasteiger charge is -2.18. The Morgan fingerprint density at radius 2 is 2.19 bits per heavy atom. The van der Waals surface area contributed by atoms with E-state index in [0.717, 1.165) is 12.8 Å². The zero-order valence-electron chi connectivity index (χ0n) is 14.4. The van der Waals surface area contributed by atoms with E-state index in [2.05, 4.69) is 11.1 Å². The normalized spacial score (nSPS) is 15.8. The van der Waals surface area contributed by atoms with Gasteiger partial charge in [-0.25, -0.2) is 9.37 Å². The van der Waals surface area contributed by atoms with Gasteiger partial charge in [0.05, 0.1) is 17.8 Å². The second kappa shape index (κ2) is 8.23. The Balaban J connectivity index is 1.66. The van der Waals surface area contributed by atoms with Crippen LogP contribution in [0.5, 0.6) is 0 Å². The molecule has 5 nitrogen and oxygen atoms in total. The van der Waals surface area contributed by atoms with Gasteiger partial charge in [0.1, 0.15) is 12.4 Å².